The van der Waals surface area contributed by atoms with Crippen LogP contribution in [0.3, 0.4) is 0 Å². The lowest BCUT2D eigenvalue weighted by molar-refractivity contribution is 0.0602. The minimum absolute atomic E-state index is 0.00507. The Morgan fingerprint density at radius 3 is 2.57 bits per heavy atom. The summed E-state index contributed by atoms with van der Waals surface area (Å²) in [6.07, 6.45) is 2.01. The highest BCUT2D eigenvalue weighted by molar-refractivity contribution is 7.89. The molecule has 118 valence electrons. The zero-order valence-electron chi connectivity index (χ0n) is 12.0. The average Bonchev–Trinajstić information content (AvgIpc) is 2.83. The summed E-state index contributed by atoms with van der Waals surface area (Å²) in [4.78, 5) is 11.8. The topological polar surface area (TPSA) is 92.7 Å². The molecule has 0 aliphatic heterocycles. The Balaban J connectivity index is 2.24. The molecule has 1 aliphatic carbocycles. The fourth-order valence-corrected chi connectivity index (χ4v) is 5.48. The highest BCUT2D eigenvalue weighted by Gasteiger charge is 2.30. The summed E-state index contributed by atoms with van der Waals surface area (Å²) in [5, 5.41) is 11.1. The van der Waals surface area contributed by atoms with Gasteiger partial charge in [0.05, 0.1) is 13.2 Å². The third kappa shape index (κ3) is 3.63. The molecule has 0 bridgehead atoms. The summed E-state index contributed by atoms with van der Waals surface area (Å²) >= 11 is 1.06. The van der Waals surface area contributed by atoms with Crippen LogP contribution in [0.1, 0.15) is 40.9 Å². The summed E-state index contributed by atoms with van der Waals surface area (Å²) in [7, 11) is -2.55. The third-order valence-corrected chi connectivity index (χ3v) is 6.49. The second kappa shape index (κ2) is 6.43. The zero-order chi connectivity index (χ0) is 15.6. The summed E-state index contributed by atoms with van der Waals surface area (Å²) < 4.78 is 32.3. The first-order valence-corrected chi connectivity index (χ1v) is 9.08. The van der Waals surface area contributed by atoms with Crippen LogP contribution in [0.5, 0.6) is 0 Å². The molecule has 1 aliphatic rings. The second-order valence-corrected chi connectivity index (χ2v) is 7.73. The number of methoxy groups -OCH3 is 1. The average molecular weight is 333 g/mol. The van der Waals surface area contributed by atoms with Gasteiger partial charge in [-0.2, -0.15) is 0 Å². The molecular formula is C13H19NO5S2. The van der Waals surface area contributed by atoms with Crippen LogP contribution >= 0.6 is 11.3 Å². The van der Waals surface area contributed by atoms with Gasteiger partial charge in [-0.25, -0.2) is 17.9 Å². The van der Waals surface area contributed by atoms with Gasteiger partial charge in [0, 0.05) is 6.04 Å². The number of esters is 1. The van der Waals surface area contributed by atoms with Gasteiger partial charge in [0.25, 0.3) is 0 Å². The number of thiophene rings is 1. The van der Waals surface area contributed by atoms with E-state index in [0.717, 1.165) is 11.3 Å². The van der Waals surface area contributed by atoms with Gasteiger partial charge in [-0.15, -0.1) is 11.3 Å². The Labute approximate surface area is 128 Å². The smallest absolute Gasteiger partial charge is 0.349 e. The van der Waals surface area contributed by atoms with Crippen molar-refractivity contribution >= 4 is 27.3 Å². The van der Waals surface area contributed by atoms with Crippen LogP contribution in [-0.4, -0.2) is 38.7 Å². The monoisotopic (exact) mass is 333 g/mol. The van der Waals surface area contributed by atoms with Crippen LogP contribution in [0.2, 0.25) is 0 Å². The van der Waals surface area contributed by atoms with E-state index < -0.39 is 16.0 Å². The van der Waals surface area contributed by atoms with E-state index in [9.17, 15) is 18.3 Å². The number of sulfonamides is 1. The standard InChI is InChI=1S/C13H19NO5S2/c1-8-7-20-11(13(16)19-2)12(8)21(17,18)14-9-3-5-10(15)6-4-9/h7,9-10,14-15H,3-6H2,1-2H3. The summed E-state index contributed by atoms with van der Waals surface area (Å²) in [6, 6.07) is -0.205. The van der Waals surface area contributed by atoms with E-state index in [1.165, 1.54) is 7.11 Å². The molecule has 0 spiro atoms. The third-order valence-electron chi connectivity index (χ3n) is 3.58. The number of hydrogen-bond donors (Lipinski definition) is 2. The molecule has 8 heteroatoms. The Hall–Kier alpha value is -0.960. The van der Waals surface area contributed by atoms with E-state index in [2.05, 4.69) is 9.46 Å². The Kier molecular flexibility index (Phi) is 5.03. The van der Waals surface area contributed by atoms with Gasteiger partial charge < -0.3 is 9.84 Å². The van der Waals surface area contributed by atoms with Crippen molar-refractivity contribution in [3.63, 3.8) is 0 Å². The van der Waals surface area contributed by atoms with Crippen LogP contribution in [0, 0.1) is 6.92 Å². The maximum atomic E-state index is 12.5. The maximum Gasteiger partial charge on any atom is 0.349 e. The number of aliphatic hydroxyl groups excluding tert-OH is 1. The first kappa shape index (κ1) is 16.4. The van der Waals surface area contributed by atoms with E-state index in [1.807, 2.05) is 0 Å². The molecule has 0 radical (unpaired) electrons. The van der Waals surface area contributed by atoms with Crippen LogP contribution in [0.15, 0.2) is 10.3 Å². The molecule has 2 N–H and O–H groups in total. The molecule has 0 atom stereocenters. The van der Waals surface area contributed by atoms with Crippen LogP contribution < -0.4 is 4.72 Å². The van der Waals surface area contributed by atoms with Gasteiger partial charge in [0.15, 0.2) is 0 Å². The molecule has 6 nitrogen and oxygen atoms in total. The molecule has 0 aromatic carbocycles. The van der Waals surface area contributed by atoms with Gasteiger partial charge in [-0.3, -0.25) is 0 Å². The van der Waals surface area contributed by atoms with Crippen molar-refractivity contribution in [2.45, 2.75) is 49.6 Å². The molecule has 2 rings (SSSR count). The molecule has 1 fully saturated rings. The Morgan fingerprint density at radius 2 is 2.00 bits per heavy atom. The molecule has 0 saturated heterocycles. The Bertz CT molecular complexity index is 615. The molecular weight excluding hydrogens is 314 g/mol. The minimum Gasteiger partial charge on any atom is -0.465 e. The lowest BCUT2D eigenvalue weighted by Gasteiger charge is -2.26. The number of rotatable bonds is 4. The van der Waals surface area contributed by atoms with Gasteiger partial charge in [0.1, 0.15) is 9.77 Å². The van der Waals surface area contributed by atoms with Crippen LogP contribution in [-0.2, 0) is 14.8 Å². The van der Waals surface area contributed by atoms with Crippen molar-refractivity contribution < 1.29 is 23.1 Å². The fraction of sp³-hybridized carbons (Fsp3) is 0.615. The van der Waals surface area contributed by atoms with Gasteiger partial charge >= 0.3 is 5.97 Å². The van der Waals surface area contributed by atoms with Gasteiger partial charge in [0.2, 0.25) is 10.0 Å². The lowest BCUT2D eigenvalue weighted by atomic mass is 9.94. The predicted molar refractivity (Wildman–Crippen MR) is 79.0 cm³/mol. The molecule has 21 heavy (non-hydrogen) atoms. The number of aliphatic hydroxyl groups is 1. The van der Waals surface area contributed by atoms with Crippen molar-refractivity contribution in [2.24, 2.45) is 0 Å². The minimum atomic E-state index is -3.77. The first-order chi connectivity index (χ1) is 9.85. The molecule has 1 aromatic rings. The number of carbonyl (C=O) groups is 1. The van der Waals surface area contributed by atoms with Crippen molar-refractivity contribution in [3.8, 4) is 0 Å². The van der Waals surface area contributed by atoms with Crippen molar-refractivity contribution in [1.29, 1.82) is 0 Å². The zero-order valence-corrected chi connectivity index (χ0v) is 13.6. The van der Waals surface area contributed by atoms with Crippen molar-refractivity contribution in [1.82, 2.24) is 4.72 Å². The van der Waals surface area contributed by atoms with Crippen LogP contribution in [0.4, 0.5) is 0 Å². The first-order valence-electron chi connectivity index (χ1n) is 6.72. The van der Waals surface area contributed by atoms with E-state index in [4.69, 9.17) is 0 Å². The van der Waals surface area contributed by atoms with Crippen LogP contribution in [0.25, 0.3) is 0 Å². The summed E-state index contributed by atoms with van der Waals surface area (Å²) in [5.74, 6) is -0.646. The molecule has 1 heterocycles. The quantitative estimate of drug-likeness (QED) is 0.813. The number of hydrogen-bond acceptors (Lipinski definition) is 6. The van der Waals surface area contributed by atoms with E-state index in [-0.39, 0.29) is 21.9 Å². The lowest BCUT2D eigenvalue weighted by Crippen LogP contribution is -2.39. The van der Waals surface area contributed by atoms with E-state index in [0.29, 0.717) is 31.2 Å². The SMILES string of the molecule is COC(=O)c1scc(C)c1S(=O)(=O)NC1CCC(O)CC1. The van der Waals surface area contributed by atoms with E-state index in [1.54, 1.807) is 12.3 Å². The van der Waals surface area contributed by atoms with Crippen molar-refractivity contribution in [3.05, 3.63) is 15.8 Å². The normalized spacial score (nSPS) is 23.0. The molecule has 1 saturated carbocycles. The van der Waals surface area contributed by atoms with Gasteiger partial charge in [-0.1, -0.05) is 0 Å². The molecule has 1 aromatic heterocycles. The van der Waals surface area contributed by atoms with Crippen molar-refractivity contribution in [2.75, 3.05) is 7.11 Å². The largest absolute Gasteiger partial charge is 0.465 e. The number of nitrogens with one attached hydrogen (secondary N) is 1. The highest BCUT2D eigenvalue weighted by atomic mass is 32.2. The number of aryl methyl sites for hydroxylation is 1. The van der Waals surface area contributed by atoms with Gasteiger partial charge in [-0.05, 0) is 43.6 Å². The number of ether oxygens (including phenoxy) is 1. The maximum absolute atomic E-state index is 12.5. The summed E-state index contributed by atoms with van der Waals surface area (Å²) in [5.41, 5.74) is 0.531. The Morgan fingerprint density at radius 1 is 1.38 bits per heavy atom. The molecule has 0 amide bonds. The van der Waals surface area contributed by atoms with E-state index >= 15 is 0 Å². The predicted octanol–water partition coefficient (Wildman–Crippen LogP) is 1.42. The molecule has 0 unspecified atom stereocenters. The number of carbonyl (C=O) groups excluding carboxylic acids is 1. The summed E-state index contributed by atoms with van der Waals surface area (Å²) in [6.45, 7) is 1.65. The fourth-order valence-electron chi connectivity index (χ4n) is 2.47. The highest BCUT2D eigenvalue weighted by Crippen LogP contribution is 2.29. The second-order valence-electron chi connectivity index (χ2n) is 5.20.